The fourth-order valence-electron chi connectivity index (χ4n) is 4.10. The molecule has 2 nitrogen and oxygen atoms in total. The summed E-state index contributed by atoms with van der Waals surface area (Å²) in [5, 5.41) is 11.6. The summed E-state index contributed by atoms with van der Waals surface area (Å²) in [5.74, 6) is 0.303. The topological polar surface area (TPSA) is 29.5 Å². The Hall–Kier alpha value is -0.570. The maximum absolute atomic E-state index is 10.8. The van der Waals surface area contributed by atoms with Gasteiger partial charge in [-0.05, 0) is 61.8 Å². The van der Waals surface area contributed by atoms with E-state index < -0.39 is 6.10 Å². The standard InChI is InChI=1S/C18H25ClO2/c1-13-11-15(19)5-6-16(13)17(20)14-7-10-21-18(12-14)8-3-2-4-9-18/h5-6,11,14,17,20H,2-4,7-10,12H2,1H3. The Morgan fingerprint density at radius 2 is 2.05 bits per heavy atom. The second-order valence-electron chi connectivity index (χ2n) is 6.79. The fraction of sp³-hybridized carbons (Fsp3) is 0.667. The van der Waals surface area contributed by atoms with Crippen molar-refractivity contribution >= 4 is 11.6 Å². The predicted octanol–water partition coefficient (Wildman–Crippen LogP) is 4.81. The molecule has 0 radical (unpaired) electrons. The second-order valence-corrected chi connectivity index (χ2v) is 7.23. The van der Waals surface area contributed by atoms with Crippen LogP contribution in [0.5, 0.6) is 0 Å². The average Bonchev–Trinajstić information content (AvgIpc) is 2.47. The van der Waals surface area contributed by atoms with Gasteiger partial charge in [-0.25, -0.2) is 0 Å². The molecule has 2 unspecified atom stereocenters. The molecular formula is C18H25ClO2. The van der Waals surface area contributed by atoms with Gasteiger partial charge in [0.25, 0.3) is 0 Å². The lowest BCUT2D eigenvalue weighted by Crippen LogP contribution is -2.42. The Labute approximate surface area is 132 Å². The van der Waals surface area contributed by atoms with E-state index in [1.807, 2.05) is 25.1 Å². The number of ether oxygens (including phenoxy) is 1. The molecule has 2 atom stereocenters. The van der Waals surface area contributed by atoms with E-state index in [0.29, 0.717) is 5.92 Å². The molecule has 1 aromatic carbocycles. The first kappa shape index (κ1) is 15.3. The lowest BCUT2D eigenvalue weighted by Gasteiger charge is -2.44. The molecule has 1 aliphatic carbocycles. The fourth-order valence-corrected chi connectivity index (χ4v) is 4.33. The number of hydrogen-bond donors (Lipinski definition) is 1. The van der Waals surface area contributed by atoms with Crippen molar-refractivity contribution in [3.63, 3.8) is 0 Å². The van der Waals surface area contributed by atoms with Gasteiger partial charge in [0.1, 0.15) is 0 Å². The van der Waals surface area contributed by atoms with Gasteiger partial charge < -0.3 is 9.84 Å². The molecule has 2 fully saturated rings. The zero-order valence-corrected chi connectivity index (χ0v) is 13.5. The van der Waals surface area contributed by atoms with Crippen LogP contribution < -0.4 is 0 Å². The highest BCUT2D eigenvalue weighted by molar-refractivity contribution is 6.30. The molecule has 1 saturated heterocycles. The third-order valence-corrected chi connectivity index (χ3v) is 5.53. The van der Waals surface area contributed by atoms with Crippen LogP contribution in [0.2, 0.25) is 5.02 Å². The Balaban J connectivity index is 1.76. The van der Waals surface area contributed by atoms with Crippen LogP contribution in [0.3, 0.4) is 0 Å². The van der Waals surface area contributed by atoms with E-state index in [1.54, 1.807) is 0 Å². The van der Waals surface area contributed by atoms with Crippen LogP contribution in [-0.4, -0.2) is 17.3 Å². The highest BCUT2D eigenvalue weighted by Crippen LogP contribution is 2.44. The Morgan fingerprint density at radius 3 is 2.76 bits per heavy atom. The van der Waals surface area contributed by atoms with Crippen molar-refractivity contribution in [2.24, 2.45) is 5.92 Å². The van der Waals surface area contributed by atoms with Crippen LogP contribution in [0, 0.1) is 12.8 Å². The van der Waals surface area contributed by atoms with Crippen molar-refractivity contribution in [2.75, 3.05) is 6.61 Å². The molecule has 1 aromatic rings. The minimum Gasteiger partial charge on any atom is -0.388 e. The van der Waals surface area contributed by atoms with Gasteiger partial charge in [0.2, 0.25) is 0 Å². The summed E-state index contributed by atoms with van der Waals surface area (Å²) in [7, 11) is 0. The van der Waals surface area contributed by atoms with Crippen LogP contribution in [0.4, 0.5) is 0 Å². The first-order valence-corrected chi connectivity index (χ1v) is 8.56. The molecule has 3 rings (SSSR count). The Morgan fingerprint density at radius 1 is 1.29 bits per heavy atom. The maximum atomic E-state index is 10.8. The number of rotatable bonds is 2. The smallest absolute Gasteiger partial charge is 0.0822 e. The van der Waals surface area contributed by atoms with Crippen molar-refractivity contribution in [1.29, 1.82) is 0 Å². The third-order valence-electron chi connectivity index (χ3n) is 5.29. The molecule has 0 aromatic heterocycles. The second kappa shape index (κ2) is 6.28. The lowest BCUT2D eigenvalue weighted by molar-refractivity contribution is -0.134. The predicted molar refractivity (Wildman–Crippen MR) is 85.6 cm³/mol. The summed E-state index contributed by atoms with van der Waals surface area (Å²) in [6.45, 7) is 2.81. The van der Waals surface area contributed by atoms with Gasteiger partial charge in [-0.3, -0.25) is 0 Å². The first-order chi connectivity index (χ1) is 10.1. The minimum atomic E-state index is -0.398. The molecule has 0 bridgehead atoms. The normalized spacial score (nSPS) is 26.7. The Kier molecular flexibility index (Phi) is 4.58. The van der Waals surface area contributed by atoms with Crippen LogP contribution >= 0.6 is 11.6 Å². The van der Waals surface area contributed by atoms with E-state index in [9.17, 15) is 5.11 Å². The summed E-state index contributed by atoms with van der Waals surface area (Å²) >= 11 is 6.02. The molecular weight excluding hydrogens is 284 g/mol. The zero-order valence-electron chi connectivity index (χ0n) is 12.8. The van der Waals surface area contributed by atoms with Crippen LogP contribution in [0.1, 0.15) is 62.2 Å². The minimum absolute atomic E-state index is 0.0441. The molecule has 2 aliphatic rings. The third kappa shape index (κ3) is 3.28. The number of aliphatic hydroxyl groups is 1. The molecule has 1 spiro atoms. The summed E-state index contributed by atoms with van der Waals surface area (Å²) in [6, 6.07) is 5.80. The maximum Gasteiger partial charge on any atom is 0.0822 e. The lowest BCUT2D eigenvalue weighted by atomic mass is 9.73. The van der Waals surface area contributed by atoms with E-state index in [2.05, 4.69) is 0 Å². The van der Waals surface area contributed by atoms with Crippen molar-refractivity contribution in [3.05, 3.63) is 34.3 Å². The SMILES string of the molecule is Cc1cc(Cl)ccc1C(O)C1CCOC2(CCCCC2)C1. The largest absolute Gasteiger partial charge is 0.388 e. The molecule has 1 N–H and O–H groups in total. The van der Waals surface area contributed by atoms with Crippen LogP contribution in [0.25, 0.3) is 0 Å². The highest BCUT2D eigenvalue weighted by Gasteiger charge is 2.40. The number of aliphatic hydroxyl groups excluding tert-OH is 1. The molecule has 21 heavy (non-hydrogen) atoms. The molecule has 1 saturated carbocycles. The Bertz CT molecular complexity index is 488. The molecule has 3 heteroatoms. The molecule has 0 amide bonds. The highest BCUT2D eigenvalue weighted by atomic mass is 35.5. The summed E-state index contributed by atoms with van der Waals surface area (Å²) in [6.07, 6.45) is 7.73. The van der Waals surface area contributed by atoms with Gasteiger partial charge in [-0.15, -0.1) is 0 Å². The van der Waals surface area contributed by atoms with Crippen molar-refractivity contribution in [1.82, 2.24) is 0 Å². The summed E-state index contributed by atoms with van der Waals surface area (Å²) in [5.41, 5.74) is 2.15. The summed E-state index contributed by atoms with van der Waals surface area (Å²) < 4.78 is 6.14. The molecule has 116 valence electrons. The van der Waals surface area contributed by atoms with Gasteiger partial charge >= 0.3 is 0 Å². The molecule has 1 aliphatic heterocycles. The average molecular weight is 309 g/mol. The van der Waals surface area contributed by atoms with E-state index in [-0.39, 0.29) is 5.60 Å². The van der Waals surface area contributed by atoms with E-state index in [0.717, 1.165) is 48.4 Å². The van der Waals surface area contributed by atoms with E-state index in [1.165, 1.54) is 19.3 Å². The van der Waals surface area contributed by atoms with Gasteiger partial charge in [0.05, 0.1) is 11.7 Å². The van der Waals surface area contributed by atoms with Gasteiger partial charge in [-0.1, -0.05) is 36.9 Å². The number of halogens is 1. The van der Waals surface area contributed by atoms with Crippen molar-refractivity contribution in [2.45, 2.75) is 63.6 Å². The first-order valence-electron chi connectivity index (χ1n) is 8.18. The van der Waals surface area contributed by atoms with Crippen molar-refractivity contribution in [3.8, 4) is 0 Å². The van der Waals surface area contributed by atoms with Crippen molar-refractivity contribution < 1.29 is 9.84 Å². The van der Waals surface area contributed by atoms with Crippen LogP contribution in [0.15, 0.2) is 18.2 Å². The van der Waals surface area contributed by atoms with Gasteiger partial charge in [0, 0.05) is 11.6 Å². The quantitative estimate of drug-likeness (QED) is 0.849. The zero-order chi connectivity index (χ0) is 14.9. The molecule has 1 heterocycles. The van der Waals surface area contributed by atoms with E-state index in [4.69, 9.17) is 16.3 Å². The number of hydrogen-bond acceptors (Lipinski definition) is 2. The van der Waals surface area contributed by atoms with Gasteiger partial charge in [0.15, 0.2) is 0 Å². The van der Waals surface area contributed by atoms with E-state index >= 15 is 0 Å². The number of aryl methyl sites for hydroxylation is 1. The van der Waals surface area contributed by atoms with Gasteiger partial charge in [-0.2, -0.15) is 0 Å². The summed E-state index contributed by atoms with van der Waals surface area (Å²) in [4.78, 5) is 0. The monoisotopic (exact) mass is 308 g/mol. The van der Waals surface area contributed by atoms with Crippen LogP contribution in [-0.2, 0) is 4.74 Å². The number of benzene rings is 1.